The van der Waals surface area contributed by atoms with Gasteiger partial charge in [0, 0.05) is 0 Å². The Morgan fingerprint density at radius 2 is 1.89 bits per heavy atom. The number of para-hydroxylation sites is 2. The monoisotopic (exact) mass is 364 g/mol. The number of benzene rings is 2. The molecule has 0 aliphatic rings. The summed E-state index contributed by atoms with van der Waals surface area (Å²) < 4.78 is 10.9. The van der Waals surface area contributed by atoms with Crippen molar-refractivity contribution in [2.24, 2.45) is 5.92 Å². The molecule has 1 N–H and O–H groups in total. The lowest BCUT2D eigenvalue weighted by molar-refractivity contribution is -0.112. The van der Waals surface area contributed by atoms with Gasteiger partial charge < -0.3 is 14.8 Å². The minimum atomic E-state index is -0.487. The Hall–Kier alpha value is -3.26. The topological polar surface area (TPSA) is 71.3 Å². The number of hydrogen-bond donors (Lipinski definition) is 1. The van der Waals surface area contributed by atoms with Crippen LogP contribution in [0.25, 0.3) is 6.08 Å². The van der Waals surface area contributed by atoms with Crippen LogP contribution in [0.5, 0.6) is 11.5 Å². The second-order valence-electron chi connectivity index (χ2n) is 6.42. The molecule has 0 saturated carbocycles. The van der Waals surface area contributed by atoms with Gasteiger partial charge in [0.2, 0.25) is 0 Å². The molecule has 0 aliphatic carbocycles. The van der Waals surface area contributed by atoms with Crippen molar-refractivity contribution in [1.29, 1.82) is 5.26 Å². The van der Waals surface area contributed by atoms with E-state index in [0.717, 1.165) is 17.7 Å². The molecule has 27 heavy (non-hydrogen) atoms. The minimum absolute atomic E-state index is 0.00869. The number of amides is 1. The van der Waals surface area contributed by atoms with Gasteiger partial charge in [0.1, 0.15) is 23.1 Å². The normalized spacial score (nSPS) is 11.0. The van der Waals surface area contributed by atoms with Gasteiger partial charge in [-0.1, -0.05) is 38.1 Å². The third kappa shape index (κ3) is 6.19. The van der Waals surface area contributed by atoms with Crippen molar-refractivity contribution in [2.45, 2.75) is 20.3 Å². The summed E-state index contributed by atoms with van der Waals surface area (Å²) in [5, 5.41) is 12.1. The number of carbonyl (C=O) groups excluding carboxylic acids is 1. The summed E-state index contributed by atoms with van der Waals surface area (Å²) >= 11 is 0. The molecule has 0 radical (unpaired) electrons. The lowest BCUT2D eigenvalue weighted by Crippen LogP contribution is -2.14. The third-order valence-corrected chi connectivity index (χ3v) is 3.88. The van der Waals surface area contributed by atoms with Crippen LogP contribution >= 0.6 is 0 Å². The first-order chi connectivity index (χ1) is 13.0. The van der Waals surface area contributed by atoms with Crippen molar-refractivity contribution in [3.05, 3.63) is 59.7 Å². The summed E-state index contributed by atoms with van der Waals surface area (Å²) in [4.78, 5) is 12.4. The smallest absolute Gasteiger partial charge is 0.266 e. The van der Waals surface area contributed by atoms with E-state index in [2.05, 4.69) is 19.2 Å². The fourth-order valence-corrected chi connectivity index (χ4v) is 2.33. The molecule has 2 aromatic rings. The van der Waals surface area contributed by atoms with Crippen LogP contribution in [0.2, 0.25) is 0 Å². The van der Waals surface area contributed by atoms with E-state index >= 15 is 0 Å². The maximum atomic E-state index is 12.4. The number of hydrogen-bond acceptors (Lipinski definition) is 4. The Labute approximate surface area is 160 Å². The van der Waals surface area contributed by atoms with Crippen molar-refractivity contribution in [2.75, 3.05) is 19.0 Å². The molecule has 0 atom stereocenters. The summed E-state index contributed by atoms with van der Waals surface area (Å²) in [6, 6.07) is 16.3. The van der Waals surface area contributed by atoms with E-state index in [1.54, 1.807) is 30.3 Å². The van der Waals surface area contributed by atoms with Crippen LogP contribution in [0.1, 0.15) is 25.8 Å². The molecule has 2 rings (SSSR count). The Kier molecular flexibility index (Phi) is 7.45. The van der Waals surface area contributed by atoms with E-state index in [1.165, 1.54) is 7.11 Å². The number of anilines is 1. The number of nitrogens with zero attached hydrogens (tertiary/aromatic N) is 1. The van der Waals surface area contributed by atoms with Crippen molar-refractivity contribution in [3.63, 3.8) is 0 Å². The fourth-order valence-electron chi connectivity index (χ4n) is 2.33. The van der Waals surface area contributed by atoms with Crippen LogP contribution in [0, 0.1) is 17.2 Å². The van der Waals surface area contributed by atoms with Crippen LogP contribution < -0.4 is 14.8 Å². The SMILES string of the molecule is COc1ccccc1NC(=O)/C(C#N)=C\c1ccc(OCCC(C)C)cc1. The standard InChI is InChI=1S/C22H24N2O3/c1-16(2)12-13-27-19-10-8-17(9-11-19)14-18(15-23)22(25)24-20-6-4-5-7-21(20)26-3/h4-11,14,16H,12-13H2,1-3H3,(H,24,25)/b18-14-. The number of nitrogens with one attached hydrogen (secondary N) is 1. The highest BCUT2D eigenvalue weighted by atomic mass is 16.5. The highest BCUT2D eigenvalue weighted by Gasteiger charge is 2.12. The van der Waals surface area contributed by atoms with Crippen molar-refractivity contribution >= 4 is 17.7 Å². The fraction of sp³-hybridized carbons (Fsp3) is 0.273. The molecule has 1 amide bonds. The second kappa shape index (κ2) is 10.0. The molecule has 140 valence electrons. The van der Waals surface area contributed by atoms with Gasteiger partial charge in [-0.15, -0.1) is 0 Å². The summed E-state index contributed by atoms with van der Waals surface area (Å²) in [5.41, 5.74) is 1.27. The van der Waals surface area contributed by atoms with Crippen LogP contribution in [-0.4, -0.2) is 19.6 Å². The van der Waals surface area contributed by atoms with Crippen LogP contribution in [-0.2, 0) is 4.79 Å². The molecule has 0 aromatic heterocycles. The Morgan fingerprint density at radius 3 is 2.52 bits per heavy atom. The van der Waals surface area contributed by atoms with E-state index in [4.69, 9.17) is 9.47 Å². The molecule has 5 nitrogen and oxygen atoms in total. The number of rotatable bonds is 8. The molecule has 0 fully saturated rings. The van der Waals surface area contributed by atoms with E-state index in [9.17, 15) is 10.1 Å². The molecule has 0 saturated heterocycles. The number of nitriles is 1. The van der Waals surface area contributed by atoms with E-state index < -0.39 is 5.91 Å². The summed E-state index contributed by atoms with van der Waals surface area (Å²) in [6.45, 7) is 4.96. The Bertz CT molecular complexity index is 833. The quantitative estimate of drug-likeness (QED) is 0.546. The number of carbonyl (C=O) groups is 1. The van der Waals surface area contributed by atoms with Crippen LogP contribution in [0.3, 0.4) is 0 Å². The van der Waals surface area contributed by atoms with Crippen LogP contribution in [0.15, 0.2) is 54.1 Å². The molecule has 0 spiro atoms. The van der Waals surface area contributed by atoms with Gasteiger partial charge in [-0.05, 0) is 48.2 Å². The zero-order valence-corrected chi connectivity index (χ0v) is 15.9. The van der Waals surface area contributed by atoms with Crippen molar-refractivity contribution in [3.8, 4) is 17.6 Å². The van der Waals surface area contributed by atoms with E-state index in [-0.39, 0.29) is 5.57 Å². The van der Waals surface area contributed by atoms with Gasteiger partial charge in [0.15, 0.2) is 0 Å². The maximum Gasteiger partial charge on any atom is 0.266 e. The first kappa shape index (κ1) is 20.1. The molecule has 0 aliphatic heterocycles. The van der Waals surface area contributed by atoms with Gasteiger partial charge in [-0.3, -0.25) is 4.79 Å². The Balaban J connectivity index is 2.06. The largest absolute Gasteiger partial charge is 0.495 e. The first-order valence-electron chi connectivity index (χ1n) is 8.82. The van der Waals surface area contributed by atoms with Crippen molar-refractivity contribution in [1.82, 2.24) is 0 Å². The zero-order valence-electron chi connectivity index (χ0n) is 15.9. The predicted molar refractivity (Wildman–Crippen MR) is 107 cm³/mol. The summed E-state index contributed by atoms with van der Waals surface area (Å²) in [7, 11) is 1.52. The van der Waals surface area contributed by atoms with Crippen molar-refractivity contribution < 1.29 is 14.3 Å². The minimum Gasteiger partial charge on any atom is -0.495 e. The van der Waals surface area contributed by atoms with Crippen LogP contribution in [0.4, 0.5) is 5.69 Å². The van der Waals surface area contributed by atoms with Gasteiger partial charge in [0.05, 0.1) is 19.4 Å². The van der Waals surface area contributed by atoms with Gasteiger partial charge in [-0.2, -0.15) is 5.26 Å². The lowest BCUT2D eigenvalue weighted by Gasteiger charge is -2.09. The van der Waals surface area contributed by atoms with E-state index in [1.807, 2.05) is 30.3 Å². The predicted octanol–water partition coefficient (Wildman–Crippen LogP) is 4.67. The highest BCUT2D eigenvalue weighted by molar-refractivity contribution is 6.10. The summed E-state index contributed by atoms with van der Waals surface area (Å²) in [6.07, 6.45) is 2.53. The van der Waals surface area contributed by atoms with Gasteiger partial charge >= 0.3 is 0 Å². The molecule has 0 heterocycles. The second-order valence-corrected chi connectivity index (χ2v) is 6.42. The molecule has 0 unspecified atom stereocenters. The highest BCUT2D eigenvalue weighted by Crippen LogP contribution is 2.24. The third-order valence-electron chi connectivity index (χ3n) is 3.88. The first-order valence-corrected chi connectivity index (χ1v) is 8.82. The molecule has 0 bridgehead atoms. The van der Waals surface area contributed by atoms with Gasteiger partial charge in [-0.25, -0.2) is 0 Å². The summed E-state index contributed by atoms with van der Waals surface area (Å²) in [5.74, 6) is 1.40. The molecule has 2 aromatic carbocycles. The maximum absolute atomic E-state index is 12.4. The average molecular weight is 364 g/mol. The molecule has 5 heteroatoms. The van der Waals surface area contributed by atoms with Gasteiger partial charge in [0.25, 0.3) is 5.91 Å². The number of ether oxygens (including phenoxy) is 2. The lowest BCUT2D eigenvalue weighted by atomic mass is 10.1. The Morgan fingerprint density at radius 1 is 1.19 bits per heavy atom. The zero-order chi connectivity index (χ0) is 19.6. The average Bonchev–Trinajstić information content (AvgIpc) is 2.67. The number of methoxy groups -OCH3 is 1. The molecular weight excluding hydrogens is 340 g/mol. The molecular formula is C22H24N2O3. The van der Waals surface area contributed by atoms with E-state index in [0.29, 0.717) is 24.0 Å².